The molecule has 0 saturated carbocycles. The Labute approximate surface area is 71.8 Å². The average Bonchev–Trinajstić information content (AvgIpc) is 2.51. The number of carbonyl (C=O) groups excluding carboxylic acids is 1. The van der Waals surface area contributed by atoms with Gasteiger partial charge in [-0.25, -0.2) is 4.98 Å². The van der Waals surface area contributed by atoms with Crippen LogP contribution in [0.1, 0.15) is 0 Å². The minimum Gasteiger partial charge on any atom is -0.376 e. The Hall–Kier alpha value is -1.63. The number of nitrogens with zero attached hydrogens (tertiary/aromatic N) is 2. The molecule has 0 bridgehead atoms. The Balaban J connectivity index is 2.55. The first-order chi connectivity index (χ1) is 5.70. The zero-order chi connectivity index (χ0) is 8.97. The van der Waals surface area contributed by atoms with Crippen LogP contribution in [0.4, 0.5) is 0 Å². The molecule has 0 fully saturated rings. The van der Waals surface area contributed by atoms with E-state index in [-0.39, 0.29) is 5.84 Å². The molecular weight excluding hydrogens is 180 g/mol. The molecule has 0 aromatic carbocycles. The minimum absolute atomic E-state index is 0.305. The Kier molecular flexibility index (Phi) is 2.59. The van der Waals surface area contributed by atoms with E-state index in [1.54, 1.807) is 5.38 Å². The third kappa shape index (κ3) is 2.20. The van der Waals surface area contributed by atoms with Crippen molar-refractivity contribution in [3.05, 3.63) is 11.6 Å². The van der Waals surface area contributed by atoms with Gasteiger partial charge < -0.3 is 16.3 Å². The maximum atomic E-state index is 10.3. The van der Waals surface area contributed by atoms with Gasteiger partial charge in [0.1, 0.15) is 0 Å². The van der Waals surface area contributed by atoms with Crippen LogP contribution >= 0.6 is 11.3 Å². The lowest BCUT2D eigenvalue weighted by Crippen LogP contribution is -2.31. The van der Waals surface area contributed by atoms with E-state index in [1.807, 2.05) is 0 Å². The smallest absolute Gasteiger partial charge is 0.305 e. The molecule has 64 valence electrons. The largest absolute Gasteiger partial charge is 0.376 e. The van der Waals surface area contributed by atoms with Gasteiger partial charge in [0, 0.05) is 11.6 Å². The van der Waals surface area contributed by atoms with Gasteiger partial charge in [0.15, 0.2) is 0 Å². The molecule has 4 N–H and O–H groups in total. The van der Waals surface area contributed by atoms with Gasteiger partial charge in [-0.2, -0.15) is 0 Å². The van der Waals surface area contributed by atoms with Crippen LogP contribution in [0, 0.1) is 0 Å². The summed E-state index contributed by atoms with van der Waals surface area (Å²) in [6.45, 7) is 0. The molecule has 0 aliphatic rings. The Morgan fingerprint density at radius 1 is 1.67 bits per heavy atom. The average molecular weight is 186 g/mol. The van der Waals surface area contributed by atoms with Gasteiger partial charge in [0.25, 0.3) is 5.91 Å². The fourth-order valence-corrected chi connectivity index (χ4v) is 0.829. The molecule has 1 aromatic rings. The first-order valence-electron chi connectivity index (χ1n) is 2.90. The van der Waals surface area contributed by atoms with Crippen LogP contribution in [0.2, 0.25) is 0 Å². The second-order valence-corrected chi connectivity index (χ2v) is 2.59. The summed E-state index contributed by atoms with van der Waals surface area (Å²) < 4.78 is 0. The minimum atomic E-state index is -0.827. The van der Waals surface area contributed by atoms with E-state index in [0.717, 1.165) is 0 Å². The molecular formula is C5H6N4O2S. The first-order valence-corrected chi connectivity index (χ1v) is 3.78. The summed E-state index contributed by atoms with van der Waals surface area (Å²) in [4.78, 5) is 18.7. The van der Waals surface area contributed by atoms with Crippen LogP contribution in [0.3, 0.4) is 0 Å². The second kappa shape index (κ2) is 3.67. The van der Waals surface area contributed by atoms with E-state index in [1.165, 1.54) is 17.5 Å². The topological polar surface area (TPSA) is 104 Å². The van der Waals surface area contributed by atoms with Gasteiger partial charge in [-0.1, -0.05) is 16.5 Å². The molecule has 1 heterocycles. The lowest BCUT2D eigenvalue weighted by Gasteiger charge is -1.92. The number of nitrogens with two attached hydrogens (primary N) is 2. The monoisotopic (exact) mass is 186 g/mol. The van der Waals surface area contributed by atoms with Crippen molar-refractivity contribution in [3.8, 4) is 5.19 Å². The second-order valence-electron chi connectivity index (χ2n) is 1.73. The molecule has 0 spiro atoms. The molecule has 12 heavy (non-hydrogen) atoms. The summed E-state index contributed by atoms with van der Waals surface area (Å²) in [6.07, 6.45) is 1.54. The standard InChI is InChI=1S/C5H6N4O2S/c6-3(4(7)10)9-11-5-8-1-2-12-5/h1-2H,(H2,6,9)(H2,7,10). The molecule has 0 radical (unpaired) electrons. The molecule has 6 nitrogen and oxygen atoms in total. The van der Waals surface area contributed by atoms with Crippen LogP contribution in [0.5, 0.6) is 5.19 Å². The van der Waals surface area contributed by atoms with Crippen molar-refractivity contribution < 1.29 is 9.63 Å². The molecule has 1 aromatic heterocycles. The first kappa shape index (κ1) is 8.47. The normalized spacial score (nSPS) is 11.2. The van der Waals surface area contributed by atoms with Gasteiger partial charge in [-0.15, -0.1) is 0 Å². The number of amides is 1. The van der Waals surface area contributed by atoms with Gasteiger partial charge in [0.05, 0.1) is 0 Å². The summed E-state index contributed by atoms with van der Waals surface area (Å²) in [7, 11) is 0. The van der Waals surface area contributed by atoms with Crippen LogP contribution in [-0.4, -0.2) is 16.7 Å². The van der Waals surface area contributed by atoms with Crippen LogP contribution in [0.15, 0.2) is 16.7 Å². The highest BCUT2D eigenvalue weighted by atomic mass is 32.1. The maximum Gasteiger partial charge on any atom is 0.305 e. The number of amidine groups is 1. The number of hydrogen-bond acceptors (Lipinski definition) is 5. The zero-order valence-electron chi connectivity index (χ0n) is 5.93. The predicted octanol–water partition coefficient (Wildman–Crippen LogP) is -0.721. The van der Waals surface area contributed by atoms with Gasteiger partial charge in [0.2, 0.25) is 5.84 Å². The zero-order valence-corrected chi connectivity index (χ0v) is 6.75. The summed E-state index contributed by atoms with van der Waals surface area (Å²) in [6, 6.07) is 0. The van der Waals surface area contributed by atoms with Crippen LogP contribution in [-0.2, 0) is 4.79 Å². The van der Waals surface area contributed by atoms with Crippen molar-refractivity contribution in [1.82, 2.24) is 4.98 Å². The van der Waals surface area contributed by atoms with E-state index in [9.17, 15) is 4.79 Å². The number of rotatable bonds is 2. The van der Waals surface area contributed by atoms with E-state index >= 15 is 0 Å². The quantitative estimate of drug-likeness (QED) is 0.361. The van der Waals surface area contributed by atoms with Crippen molar-refractivity contribution in [2.75, 3.05) is 0 Å². The number of hydrogen-bond donors (Lipinski definition) is 2. The maximum absolute atomic E-state index is 10.3. The highest BCUT2D eigenvalue weighted by molar-refractivity contribution is 7.11. The highest BCUT2D eigenvalue weighted by Gasteiger charge is 2.01. The highest BCUT2D eigenvalue weighted by Crippen LogP contribution is 2.13. The van der Waals surface area contributed by atoms with Crippen molar-refractivity contribution in [3.63, 3.8) is 0 Å². The van der Waals surface area contributed by atoms with Crippen LogP contribution in [0.25, 0.3) is 0 Å². The fraction of sp³-hybridized carbons (Fsp3) is 0. The summed E-state index contributed by atoms with van der Waals surface area (Å²) in [5.74, 6) is -1.21. The SMILES string of the molecule is NC(=O)C(N)=NOc1nccs1. The number of primary amides is 1. The Morgan fingerprint density at radius 2 is 2.42 bits per heavy atom. The summed E-state index contributed by atoms with van der Waals surface area (Å²) >= 11 is 1.23. The summed E-state index contributed by atoms with van der Waals surface area (Å²) in [5.41, 5.74) is 9.84. The van der Waals surface area contributed by atoms with E-state index in [0.29, 0.717) is 5.19 Å². The Morgan fingerprint density at radius 3 is 2.92 bits per heavy atom. The third-order valence-electron chi connectivity index (χ3n) is 0.884. The molecule has 0 atom stereocenters. The molecule has 0 aliphatic carbocycles. The lowest BCUT2D eigenvalue weighted by molar-refractivity contribution is -0.112. The van der Waals surface area contributed by atoms with Crippen molar-refractivity contribution in [2.24, 2.45) is 16.6 Å². The molecule has 7 heteroatoms. The van der Waals surface area contributed by atoms with Gasteiger partial charge in [-0.3, -0.25) is 4.79 Å². The molecule has 1 amide bonds. The number of aromatic nitrogens is 1. The van der Waals surface area contributed by atoms with Crippen molar-refractivity contribution in [2.45, 2.75) is 0 Å². The number of oxime groups is 1. The molecule has 0 aliphatic heterocycles. The predicted molar refractivity (Wildman–Crippen MR) is 43.6 cm³/mol. The summed E-state index contributed by atoms with van der Waals surface area (Å²) in [5, 5.41) is 5.24. The van der Waals surface area contributed by atoms with Crippen molar-refractivity contribution in [1.29, 1.82) is 0 Å². The van der Waals surface area contributed by atoms with Gasteiger partial charge in [-0.05, 0) is 0 Å². The van der Waals surface area contributed by atoms with E-state index in [2.05, 4.69) is 15.0 Å². The third-order valence-corrected chi connectivity index (χ3v) is 1.52. The lowest BCUT2D eigenvalue weighted by atomic mass is 10.6. The Bertz CT molecular complexity index is 294. The van der Waals surface area contributed by atoms with E-state index in [4.69, 9.17) is 11.5 Å². The van der Waals surface area contributed by atoms with Gasteiger partial charge >= 0.3 is 5.19 Å². The number of thiazole rings is 1. The van der Waals surface area contributed by atoms with Crippen LogP contribution < -0.4 is 16.3 Å². The molecule has 0 saturated heterocycles. The van der Waals surface area contributed by atoms with E-state index < -0.39 is 5.91 Å². The van der Waals surface area contributed by atoms with Crippen molar-refractivity contribution >= 4 is 23.1 Å². The molecule has 0 unspecified atom stereocenters. The number of carbonyl (C=O) groups is 1. The fourth-order valence-electron chi connectivity index (χ4n) is 0.389. The molecule has 1 rings (SSSR count).